The van der Waals surface area contributed by atoms with Crippen LogP contribution >= 0.6 is 0 Å². The third-order valence-electron chi connectivity index (χ3n) is 3.78. The molecule has 0 aromatic carbocycles. The Labute approximate surface area is 110 Å². The molecule has 1 aliphatic carbocycles. The number of nitrogens with zero attached hydrogens (tertiary/aromatic N) is 1. The molecular weight excluding hydrogens is 252 g/mol. The Morgan fingerprint density at radius 3 is 2.50 bits per heavy atom. The summed E-state index contributed by atoms with van der Waals surface area (Å²) in [7, 11) is -1.36. The van der Waals surface area contributed by atoms with Gasteiger partial charge in [0.25, 0.3) is 0 Å². The molecular formula is C12H24N2O3S. The van der Waals surface area contributed by atoms with Gasteiger partial charge >= 0.3 is 0 Å². The summed E-state index contributed by atoms with van der Waals surface area (Å²) in [4.78, 5) is 13.7. The number of hydrogen-bond acceptors (Lipinski definition) is 4. The molecule has 1 amide bonds. The highest BCUT2D eigenvalue weighted by Crippen LogP contribution is 2.28. The molecule has 0 bridgehead atoms. The van der Waals surface area contributed by atoms with Crippen molar-refractivity contribution < 1.29 is 13.2 Å². The zero-order valence-electron chi connectivity index (χ0n) is 11.4. The van der Waals surface area contributed by atoms with Crippen molar-refractivity contribution >= 4 is 15.7 Å². The Balaban J connectivity index is 2.49. The summed E-state index contributed by atoms with van der Waals surface area (Å²) in [6, 6.07) is 0.0796. The van der Waals surface area contributed by atoms with Crippen LogP contribution in [0.1, 0.15) is 26.2 Å². The van der Waals surface area contributed by atoms with Crippen LogP contribution in [-0.2, 0) is 14.6 Å². The molecule has 0 radical (unpaired) electrons. The van der Waals surface area contributed by atoms with Gasteiger partial charge in [-0.2, -0.15) is 0 Å². The second-order valence-electron chi connectivity index (χ2n) is 5.54. The van der Waals surface area contributed by atoms with E-state index in [0.717, 1.165) is 12.8 Å². The smallest absolute Gasteiger partial charge is 0.225 e. The van der Waals surface area contributed by atoms with E-state index < -0.39 is 9.84 Å². The zero-order valence-corrected chi connectivity index (χ0v) is 12.2. The van der Waals surface area contributed by atoms with Gasteiger partial charge in [0.05, 0.1) is 5.75 Å². The number of sulfone groups is 1. The van der Waals surface area contributed by atoms with E-state index in [0.29, 0.717) is 12.3 Å². The molecule has 0 aromatic rings. The van der Waals surface area contributed by atoms with Crippen molar-refractivity contribution in [3.8, 4) is 0 Å². The first-order valence-electron chi connectivity index (χ1n) is 6.39. The molecule has 0 heterocycles. The lowest BCUT2D eigenvalue weighted by Gasteiger charge is -2.33. The maximum atomic E-state index is 12.1. The predicted molar refractivity (Wildman–Crippen MR) is 71.8 cm³/mol. The lowest BCUT2D eigenvalue weighted by molar-refractivity contribution is -0.135. The standard InChI is InChI=1S/C12H24N2O3S/c1-9-4-5-10(8-11(9)13)12(15)14(2)6-7-18(3,16)17/h9-11H,4-8,13H2,1-3H3. The zero-order chi connectivity index (χ0) is 13.9. The molecule has 3 atom stereocenters. The second-order valence-corrected chi connectivity index (χ2v) is 7.80. The van der Waals surface area contributed by atoms with Crippen molar-refractivity contribution in [2.45, 2.75) is 32.2 Å². The van der Waals surface area contributed by atoms with Gasteiger partial charge in [0, 0.05) is 31.8 Å². The number of amides is 1. The second kappa shape index (κ2) is 6.02. The molecule has 106 valence electrons. The molecule has 0 aromatic heterocycles. The van der Waals surface area contributed by atoms with Crippen LogP contribution in [0.3, 0.4) is 0 Å². The normalized spacial score (nSPS) is 29.0. The van der Waals surface area contributed by atoms with Crippen LogP contribution < -0.4 is 5.73 Å². The number of carbonyl (C=O) groups excluding carboxylic acids is 1. The van der Waals surface area contributed by atoms with Crippen molar-refractivity contribution in [1.29, 1.82) is 0 Å². The van der Waals surface area contributed by atoms with Gasteiger partial charge in [-0.3, -0.25) is 4.79 Å². The molecule has 5 nitrogen and oxygen atoms in total. The minimum Gasteiger partial charge on any atom is -0.345 e. The first-order valence-corrected chi connectivity index (χ1v) is 8.45. The van der Waals surface area contributed by atoms with E-state index in [9.17, 15) is 13.2 Å². The molecule has 2 N–H and O–H groups in total. The molecule has 1 saturated carbocycles. The molecule has 1 fully saturated rings. The average Bonchev–Trinajstić information content (AvgIpc) is 2.27. The van der Waals surface area contributed by atoms with E-state index in [1.165, 1.54) is 11.2 Å². The largest absolute Gasteiger partial charge is 0.345 e. The molecule has 6 heteroatoms. The Morgan fingerprint density at radius 1 is 1.39 bits per heavy atom. The fourth-order valence-electron chi connectivity index (χ4n) is 2.31. The summed E-state index contributed by atoms with van der Waals surface area (Å²) in [6.45, 7) is 2.37. The van der Waals surface area contributed by atoms with Crippen LogP contribution in [0.15, 0.2) is 0 Å². The molecule has 0 spiro atoms. The van der Waals surface area contributed by atoms with Gasteiger partial charge in [-0.15, -0.1) is 0 Å². The van der Waals surface area contributed by atoms with E-state index in [2.05, 4.69) is 6.92 Å². The Bertz CT molecular complexity index is 394. The van der Waals surface area contributed by atoms with Crippen LogP contribution in [0.4, 0.5) is 0 Å². The van der Waals surface area contributed by atoms with Gasteiger partial charge in [-0.05, 0) is 25.2 Å². The van der Waals surface area contributed by atoms with E-state index in [-0.39, 0.29) is 30.2 Å². The van der Waals surface area contributed by atoms with Crippen LogP contribution in [0.25, 0.3) is 0 Å². The number of nitrogens with two attached hydrogens (primary N) is 1. The summed E-state index contributed by atoms with van der Waals surface area (Å²) in [6.07, 6.45) is 3.72. The monoisotopic (exact) mass is 276 g/mol. The summed E-state index contributed by atoms with van der Waals surface area (Å²) >= 11 is 0. The Kier molecular flexibility index (Phi) is 5.16. The lowest BCUT2D eigenvalue weighted by atomic mass is 9.79. The van der Waals surface area contributed by atoms with E-state index in [1.54, 1.807) is 7.05 Å². The molecule has 1 aliphatic rings. The highest BCUT2D eigenvalue weighted by Gasteiger charge is 2.31. The predicted octanol–water partition coefficient (Wildman–Crippen LogP) is 0.253. The highest BCUT2D eigenvalue weighted by molar-refractivity contribution is 7.90. The molecule has 0 saturated heterocycles. The van der Waals surface area contributed by atoms with Crippen LogP contribution in [0.5, 0.6) is 0 Å². The van der Waals surface area contributed by atoms with Crippen molar-refractivity contribution in [2.75, 3.05) is 25.6 Å². The van der Waals surface area contributed by atoms with Crippen molar-refractivity contribution in [3.05, 3.63) is 0 Å². The summed E-state index contributed by atoms with van der Waals surface area (Å²) < 4.78 is 22.1. The van der Waals surface area contributed by atoms with Gasteiger partial charge in [0.2, 0.25) is 5.91 Å². The minimum absolute atomic E-state index is 0.0183. The first-order chi connectivity index (χ1) is 8.20. The Morgan fingerprint density at radius 2 is 2.00 bits per heavy atom. The van der Waals surface area contributed by atoms with Crippen molar-refractivity contribution in [3.63, 3.8) is 0 Å². The first kappa shape index (κ1) is 15.4. The van der Waals surface area contributed by atoms with Crippen LogP contribution in [0.2, 0.25) is 0 Å². The lowest BCUT2D eigenvalue weighted by Crippen LogP contribution is -2.43. The fourth-order valence-corrected chi connectivity index (χ4v) is 2.91. The SMILES string of the molecule is CC1CCC(C(=O)N(C)CCS(C)(=O)=O)CC1N. The fraction of sp³-hybridized carbons (Fsp3) is 0.917. The third-order valence-corrected chi connectivity index (χ3v) is 4.71. The quantitative estimate of drug-likeness (QED) is 0.798. The van der Waals surface area contributed by atoms with Gasteiger partial charge in [0.1, 0.15) is 9.84 Å². The van der Waals surface area contributed by atoms with Crippen molar-refractivity contribution in [2.24, 2.45) is 17.6 Å². The molecule has 18 heavy (non-hydrogen) atoms. The highest BCUT2D eigenvalue weighted by atomic mass is 32.2. The minimum atomic E-state index is -3.02. The van der Waals surface area contributed by atoms with E-state index >= 15 is 0 Å². The maximum absolute atomic E-state index is 12.1. The van der Waals surface area contributed by atoms with Gasteiger partial charge in [-0.25, -0.2) is 8.42 Å². The number of carbonyl (C=O) groups is 1. The summed E-state index contributed by atoms with van der Waals surface area (Å²) in [5, 5.41) is 0. The Hall–Kier alpha value is -0.620. The van der Waals surface area contributed by atoms with Crippen LogP contribution in [0, 0.1) is 11.8 Å². The number of rotatable bonds is 4. The van der Waals surface area contributed by atoms with E-state index in [4.69, 9.17) is 5.73 Å². The molecule has 1 rings (SSSR count). The van der Waals surface area contributed by atoms with Gasteiger partial charge in [-0.1, -0.05) is 6.92 Å². The summed E-state index contributed by atoms with van der Waals surface area (Å²) in [5.41, 5.74) is 5.98. The third kappa shape index (κ3) is 4.57. The topological polar surface area (TPSA) is 80.5 Å². The van der Waals surface area contributed by atoms with Gasteiger partial charge in [0.15, 0.2) is 0 Å². The van der Waals surface area contributed by atoms with E-state index in [1.807, 2.05) is 0 Å². The van der Waals surface area contributed by atoms with Crippen LogP contribution in [-0.4, -0.2) is 50.9 Å². The summed E-state index contributed by atoms with van der Waals surface area (Å²) in [5.74, 6) is 0.474. The van der Waals surface area contributed by atoms with Gasteiger partial charge < -0.3 is 10.6 Å². The number of hydrogen-bond donors (Lipinski definition) is 1. The maximum Gasteiger partial charge on any atom is 0.225 e. The average molecular weight is 276 g/mol. The molecule has 3 unspecified atom stereocenters. The van der Waals surface area contributed by atoms with Crippen molar-refractivity contribution in [1.82, 2.24) is 4.90 Å². The molecule has 0 aliphatic heterocycles.